The Morgan fingerprint density at radius 1 is 1.15 bits per heavy atom. The lowest BCUT2D eigenvalue weighted by atomic mass is 10.0. The monoisotopic (exact) mass is 180 g/mol. The van der Waals surface area contributed by atoms with Gasteiger partial charge in [0.25, 0.3) is 0 Å². The molecule has 0 aromatic heterocycles. The summed E-state index contributed by atoms with van der Waals surface area (Å²) < 4.78 is 0. The van der Waals surface area contributed by atoms with E-state index in [1.54, 1.807) is 0 Å². The van der Waals surface area contributed by atoms with E-state index < -0.39 is 0 Å². The highest BCUT2D eigenvalue weighted by Gasteiger charge is 1.94. The van der Waals surface area contributed by atoms with Gasteiger partial charge in [0.15, 0.2) is 6.29 Å². The molecule has 13 heavy (non-hydrogen) atoms. The predicted octanol–water partition coefficient (Wildman–Crippen LogP) is 3.65. The van der Waals surface area contributed by atoms with Gasteiger partial charge in [0.1, 0.15) is 0 Å². The van der Waals surface area contributed by atoms with Crippen LogP contribution >= 0.6 is 0 Å². The van der Waals surface area contributed by atoms with Crippen molar-refractivity contribution in [1.82, 2.24) is 0 Å². The van der Waals surface area contributed by atoms with Crippen LogP contribution in [0.2, 0.25) is 0 Å². The molecule has 0 saturated heterocycles. The molecule has 0 aliphatic carbocycles. The van der Waals surface area contributed by atoms with Gasteiger partial charge in [-0.3, -0.25) is 4.79 Å². The summed E-state index contributed by atoms with van der Waals surface area (Å²) in [7, 11) is 0. The number of hydrogen-bond acceptors (Lipinski definition) is 1. The highest BCUT2D eigenvalue weighted by Crippen LogP contribution is 2.13. The van der Waals surface area contributed by atoms with Crippen LogP contribution in [0.1, 0.15) is 52.4 Å². The first-order chi connectivity index (χ1) is 6.35. The topological polar surface area (TPSA) is 17.1 Å². The third kappa shape index (κ3) is 7.55. The molecule has 0 aliphatic heterocycles. The summed E-state index contributed by atoms with van der Waals surface area (Å²) in [6.45, 7) is 4.36. The van der Waals surface area contributed by atoms with E-state index in [9.17, 15) is 4.79 Å². The molecule has 1 heteroatoms. The molecule has 0 amide bonds. The van der Waals surface area contributed by atoms with Crippen LogP contribution in [0.3, 0.4) is 0 Å². The molecule has 1 nitrogen and oxygen atoms in total. The van der Waals surface area contributed by atoms with Crippen LogP contribution in [0.15, 0.2) is 17.4 Å². The Hall–Kier alpha value is -0.810. The van der Waals surface area contributed by atoms with Gasteiger partial charge in [-0.15, -0.1) is 5.73 Å². The third-order valence-electron chi connectivity index (χ3n) is 2.02. The molecule has 0 heterocycles. The van der Waals surface area contributed by atoms with Gasteiger partial charge in [0.2, 0.25) is 0 Å². The van der Waals surface area contributed by atoms with Crippen molar-refractivity contribution in [2.45, 2.75) is 52.4 Å². The Balaban J connectivity index is 4.02. The van der Waals surface area contributed by atoms with Crippen molar-refractivity contribution in [3.8, 4) is 0 Å². The Bertz CT molecular complexity index is 175. The zero-order chi connectivity index (χ0) is 9.94. The van der Waals surface area contributed by atoms with E-state index in [0.29, 0.717) is 0 Å². The Morgan fingerprint density at radius 2 is 1.69 bits per heavy atom. The second kappa shape index (κ2) is 9.28. The largest absolute Gasteiger partial charge is 0.298 e. The number of unbranched alkanes of at least 4 members (excludes halogenated alkanes) is 2. The number of hydrogen-bond donors (Lipinski definition) is 0. The second-order valence-electron chi connectivity index (χ2n) is 3.26. The highest BCUT2D eigenvalue weighted by molar-refractivity contribution is 5.64. The standard InChI is InChI=1S/C12H20O/c1-3-5-8-12(9-6-4-2)10-7-11-13/h7,11H,3-6,8-9H2,1-2H3. The molecule has 0 rings (SSSR count). The minimum absolute atomic E-state index is 0.803. The van der Waals surface area contributed by atoms with Gasteiger partial charge in [-0.1, -0.05) is 26.7 Å². The van der Waals surface area contributed by atoms with E-state index in [-0.39, 0.29) is 0 Å². The van der Waals surface area contributed by atoms with Crippen molar-refractivity contribution in [2.24, 2.45) is 0 Å². The lowest BCUT2D eigenvalue weighted by molar-refractivity contribution is -0.104. The molecule has 74 valence electrons. The van der Waals surface area contributed by atoms with Crippen LogP contribution in [0.5, 0.6) is 0 Å². The first-order valence-corrected chi connectivity index (χ1v) is 5.23. The van der Waals surface area contributed by atoms with Crippen LogP contribution in [-0.2, 0) is 4.79 Å². The van der Waals surface area contributed by atoms with Crippen LogP contribution < -0.4 is 0 Å². The van der Waals surface area contributed by atoms with E-state index >= 15 is 0 Å². The van der Waals surface area contributed by atoms with E-state index in [1.807, 2.05) is 0 Å². The lowest BCUT2D eigenvalue weighted by Crippen LogP contribution is -1.83. The second-order valence-corrected chi connectivity index (χ2v) is 3.26. The molecule has 0 aromatic rings. The summed E-state index contributed by atoms with van der Waals surface area (Å²) in [5.41, 5.74) is 4.36. The average Bonchev–Trinajstić information content (AvgIpc) is 2.17. The minimum Gasteiger partial charge on any atom is -0.298 e. The van der Waals surface area contributed by atoms with Gasteiger partial charge in [-0.2, -0.15) is 0 Å². The average molecular weight is 180 g/mol. The number of rotatable bonds is 7. The van der Waals surface area contributed by atoms with Crippen molar-refractivity contribution in [3.63, 3.8) is 0 Å². The Kier molecular flexibility index (Phi) is 8.70. The molecular weight excluding hydrogens is 160 g/mol. The molecule has 0 bridgehead atoms. The zero-order valence-electron chi connectivity index (χ0n) is 8.81. The summed E-state index contributed by atoms with van der Waals surface area (Å²) in [5.74, 6) is 0. The van der Waals surface area contributed by atoms with Gasteiger partial charge < -0.3 is 0 Å². The number of aldehydes is 1. The Labute approximate surface area is 81.5 Å². The molecule has 0 saturated carbocycles. The van der Waals surface area contributed by atoms with Crippen molar-refractivity contribution in [2.75, 3.05) is 0 Å². The molecule has 0 aliphatic rings. The maximum atomic E-state index is 10.1. The van der Waals surface area contributed by atoms with Crippen molar-refractivity contribution < 1.29 is 4.79 Å². The summed E-state index contributed by atoms with van der Waals surface area (Å²) in [6.07, 6.45) is 9.31. The van der Waals surface area contributed by atoms with Crippen LogP contribution in [0.4, 0.5) is 0 Å². The molecule has 0 spiro atoms. The molecule has 0 radical (unpaired) electrons. The smallest absolute Gasteiger partial charge is 0.150 e. The highest BCUT2D eigenvalue weighted by atomic mass is 16.1. The van der Waals surface area contributed by atoms with E-state index in [2.05, 4.69) is 19.6 Å². The van der Waals surface area contributed by atoms with Crippen LogP contribution in [0, 0.1) is 0 Å². The fraction of sp³-hybridized carbons (Fsp3) is 0.667. The van der Waals surface area contributed by atoms with Crippen LogP contribution in [-0.4, -0.2) is 6.29 Å². The molecule has 0 unspecified atom stereocenters. The zero-order valence-corrected chi connectivity index (χ0v) is 8.81. The summed E-state index contributed by atoms with van der Waals surface area (Å²) in [4.78, 5) is 10.1. The third-order valence-corrected chi connectivity index (χ3v) is 2.02. The van der Waals surface area contributed by atoms with Gasteiger partial charge in [-0.25, -0.2) is 0 Å². The van der Waals surface area contributed by atoms with E-state index in [0.717, 1.165) is 19.1 Å². The molecular formula is C12H20O. The Morgan fingerprint density at radius 3 is 2.08 bits per heavy atom. The van der Waals surface area contributed by atoms with E-state index in [4.69, 9.17) is 0 Å². The van der Waals surface area contributed by atoms with Crippen LogP contribution in [0.25, 0.3) is 0 Å². The van der Waals surface area contributed by atoms with Crippen molar-refractivity contribution >= 4 is 6.29 Å². The molecule has 0 N–H and O–H groups in total. The maximum Gasteiger partial charge on any atom is 0.150 e. The SMILES string of the molecule is CCCCC(=C=CC=O)CCCC. The summed E-state index contributed by atoms with van der Waals surface area (Å²) >= 11 is 0. The summed E-state index contributed by atoms with van der Waals surface area (Å²) in [5, 5.41) is 0. The maximum absolute atomic E-state index is 10.1. The van der Waals surface area contributed by atoms with Crippen molar-refractivity contribution in [1.29, 1.82) is 0 Å². The molecule has 0 atom stereocenters. The summed E-state index contributed by atoms with van der Waals surface area (Å²) in [6, 6.07) is 0. The van der Waals surface area contributed by atoms with Gasteiger partial charge in [0.05, 0.1) is 0 Å². The first kappa shape index (κ1) is 12.2. The first-order valence-electron chi connectivity index (χ1n) is 5.23. The normalized spacial score (nSPS) is 9.08. The minimum atomic E-state index is 0.803. The van der Waals surface area contributed by atoms with Gasteiger partial charge in [0, 0.05) is 6.08 Å². The molecule has 0 aromatic carbocycles. The van der Waals surface area contributed by atoms with Gasteiger partial charge in [-0.05, 0) is 31.3 Å². The fourth-order valence-electron chi connectivity index (χ4n) is 1.20. The van der Waals surface area contributed by atoms with Gasteiger partial charge >= 0.3 is 0 Å². The number of carbonyl (C=O) groups is 1. The number of allylic oxidation sites excluding steroid dienone is 1. The predicted molar refractivity (Wildman–Crippen MR) is 56.7 cm³/mol. The molecule has 0 fully saturated rings. The quantitative estimate of drug-likeness (QED) is 0.332. The van der Waals surface area contributed by atoms with E-state index in [1.165, 1.54) is 37.3 Å². The van der Waals surface area contributed by atoms with Crippen molar-refractivity contribution in [3.05, 3.63) is 17.4 Å². The fourth-order valence-corrected chi connectivity index (χ4v) is 1.20. The lowest BCUT2D eigenvalue weighted by Gasteiger charge is -2.01. The number of carbonyl (C=O) groups excluding carboxylic acids is 1.